The van der Waals surface area contributed by atoms with Gasteiger partial charge in [-0.15, -0.1) is 0 Å². The second-order valence-corrected chi connectivity index (χ2v) is 4.60. The Morgan fingerprint density at radius 2 is 2.32 bits per heavy atom. The van der Waals surface area contributed by atoms with E-state index in [9.17, 15) is 9.18 Å². The summed E-state index contributed by atoms with van der Waals surface area (Å²) >= 11 is 0. The number of piperidine rings is 1. The first-order valence-corrected chi connectivity index (χ1v) is 6.35. The van der Waals surface area contributed by atoms with Crippen molar-refractivity contribution in [2.24, 2.45) is 0 Å². The van der Waals surface area contributed by atoms with Crippen LogP contribution in [0, 0.1) is 17.1 Å². The summed E-state index contributed by atoms with van der Waals surface area (Å²) in [5.41, 5.74) is 0.682. The number of benzene rings is 1. The number of rotatable bonds is 2. The van der Waals surface area contributed by atoms with Crippen LogP contribution < -0.4 is 10.2 Å². The minimum absolute atomic E-state index is 0.0252. The maximum absolute atomic E-state index is 13.7. The molecule has 1 aliphatic rings. The number of halogens is 1. The third kappa shape index (κ3) is 2.68. The second-order valence-electron chi connectivity index (χ2n) is 4.60. The Morgan fingerprint density at radius 3 is 2.95 bits per heavy atom. The van der Waals surface area contributed by atoms with Crippen LogP contribution in [0.15, 0.2) is 18.2 Å². The number of hydrogen-bond acceptors (Lipinski definition) is 3. The molecule has 2 rings (SSSR count). The summed E-state index contributed by atoms with van der Waals surface area (Å²) in [6.45, 7) is 0.726. The van der Waals surface area contributed by atoms with Crippen molar-refractivity contribution < 1.29 is 9.18 Å². The predicted molar refractivity (Wildman–Crippen MR) is 70.2 cm³/mol. The number of carbonyl (C=O) groups excluding carboxylic acids is 1. The van der Waals surface area contributed by atoms with Crippen LogP contribution in [0.4, 0.5) is 10.1 Å². The van der Waals surface area contributed by atoms with Gasteiger partial charge in [-0.05, 0) is 37.5 Å². The average Bonchev–Trinajstić information content (AvgIpc) is 2.46. The molecule has 1 unspecified atom stereocenters. The largest absolute Gasteiger partial charge is 0.359 e. The minimum atomic E-state index is -0.541. The van der Waals surface area contributed by atoms with E-state index in [1.807, 2.05) is 4.90 Å². The molecule has 1 aliphatic heterocycles. The van der Waals surface area contributed by atoms with Gasteiger partial charge in [0.25, 0.3) is 0 Å². The molecule has 0 bridgehead atoms. The molecule has 100 valence electrons. The summed E-state index contributed by atoms with van der Waals surface area (Å²) < 4.78 is 13.7. The Morgan fingerprint density at radius 1 is 1.53 bits per heavy atom. The van der Waals surface area contributed by atoms with E-state index in [0.29, 0.717) is 5.69 Å². The van der Waals surface area contributed by atoms with E-state index >= 15 is 0 Å². The van der Waals surface area contributed by atoms with E-state index in [-0.39, 0.29) is 17.5 Å². The summed E-state index contributed by atoms with van der Waals surface area (Å²) in [6, 6.07) is 6.03. The first kappa shape index (κ1) is 13.3. The van der Waals surface area contributed by atoms with Crippen molar-refractivity contribution >= 4 is 11.6 Å². The van der Waals surface area contributed by atoms with Gasteiger partial charge in [0.05, 0.1) is 5.56 Å². The summed E-state index contributed by atoms with van der Waals surface area (Å²) in [6.07, 6.45) is 2.74. The van der Waals surface area contributed by atoms with Crippen LogP contribution in [-0.4, -0.2) is 25.5 Å². The Kier molecular flexibility index (Phi) is 4.00. The first-order valence-electron chi connectivity index (χ1n) is 6.35. The molecular weight excluding hydrogens is 245 g/mol. The molecule has 0 saturated carbocycles. The van der Waals surface area contributed by atoms with Crippen molar-refractivity contribution in [2.45, 2.75) is 25.3 Å². The van der Waals surface area contributed by atoms with E-state index in [1.54, 1.807) is 19.2 Å². The van der Waals surface area contributed by atoms with Gasteiger partial charge in [0.2, 0.25) is 5.91 Å². The quantitative estimate of drug-likeness (QED) is 0.883. The van der Waals surface area contributed by atoms with Crippen LogP contribution in [0.2, 0.25) is 0 Å². The Bertz CT molecular complexity index is 524. The Labute approximate surface area is 111 Å². The smallest absolute Gasteiger partial charge is 0.242 e. The number of nitrogens with one attached hydrogen (secondary N) is 1. The molecule has 1 aromatic carbocycles. The van der Waals surface area contributed by atoms with E-state index in [1.165, 1.54) is 12.1 Å². The maximum Gasteiger partial charge on any atom is 0.242 e. The van der Waals surface area contributed by atoms with Gasteiger partial charge in [0.15, 0.2) is 0 Å². The summed E-state index contributed by atoms with van der Waals surface area (Å²) in [5, 5.41) is 11.4. The molecule has 19 heavy (non-hydrogen) atoms. The SMILES string of the molecule is CNC(=O)C1CCCCN1c1ccc(C#N)c(F)c1. The molecule has 1 aromatic rings. The Balaban J connectivity index is 2.30. The zero-order valence-corrected chi connectivity index (χ0v) is 10.8. The molecule has 1 N–H and O–H groups in total. The fraction of sp³-hybridized carbons (Fsp3) is 0.429. The van der Waals surface area contributed by atoms with Gasteiger partial charge in [0, 0.05) is 19.3 Å². The zero-order valence-electron chi connectivity index (χ0n) is 10.8. The van der Waals surface area contributed by atoms with Crippen LogP contribution in [0.1, 0.15) is 24.8 Å². The van der Waals surface area contributed by atoms with Crippen molar-refractivity contribution in [3.8, 4) is 6.07 Å². The fourth-order valence-corrected chi connectivity index (χ4v) is 2.45. The topological polar surface area (TPSA) is 56.1 Å². The number of anilines is 1. The fourth-order valence-electron chi connectivity index (χ4n) is 2.45. The van der Waals surface area contributed by atoms with Crippen LogP contribution >= 0.6 is 0 Å². The molecule has 1 amide bonds. The van der Waals surface area contributed by atoms with Crippen molar-refractivity contribution in [2.75, 3.05) is 18.5 Å². The van der Waals surface area contributed by atoms with Crippen LogP contribution in [0.25, 0.3) is 0 Å². The van der Waals surface area contributed by atoms with Gasteiger partial charge in [-0.25, -0.2) is 4.39 Å². The lowest BCUT2D eigenvalue weighted by Crippen LogP contribution is -2.48. The highest BCUT2D eigenvalue weighted by Gasteiger charge is 2.28. The number of likely N-dealkylation sites (N-methyl/N-ethyl adjacent to an activating group) is 1. The van der Waals surface area contributed by atoms with Gasteiger partial charge < -0.3 is 10.2 Å². The standard InChI is InChI=1S/C14H16FN3O/c1-17-14(19)13-4-2-3-7-18(13)11-6-5-10(9-16)12(15)8-11/h5-6,8,13H,2-4,7H2,1H3,(H,17,19). The molecule has 1 saturated heterocycles. The molecular formula is C14H16FN3O. The molecule has 1 atom stereocenters. The van der Waals surface area contributed by atoms with Gasteiger partial charge in [-0.3, -0.25) is 4.79 Å². The summed E-state index contributed by atoms with van der Waals surface area (Å²) in [5.74, 6) is -0.592. The van der Waals surface area contributed by atoms with Crippen LogP contribution in [0.3, 0.4) is 0 Å². The molecule has 0 aromatic heterocycles. The van der Waals surface area contributed by atoms with Crippen molar-refractivity contribution in [3.63, 3.8) is 0 Å². The maximum atomic E-state index is 13.7. The van der Waals surface area contributed by atoms with Gasteiger partial charge in [-0.2, -0.15) is 5.26 Å². The zero-order chi connectivity index (χ0) is 13.8. The third-order valence-electron chi connectivity index (χ3n) is 3.46. The van der Waals surface area contributed by atoms with Crippen molar-refractivity contribution in [1.82, 2.24) is 5.32 Å². The van der Waals surface area contributed by atoms with Gasteiger partial charge >= 0.3 is 0 Å². The van der Waals surface area contributed by atoms with E-state index in [4.69, 9.17) is 5.26 Å². The van der Waals surface area contributed by atoms with Crippen molar-refractivity contribution in [1.29, 1.82) is 5.26 Å². The lowest BCUT2D eigenvalue weighted by atomic mass is 10.00. The van der Waals surface area contributed by atoms with E-state index in [0.717, 1.165) is 25.8 Å². The van der Waals surface area contributed by atoms with Gasteiger partial charge in [0.1, 0.15) is 17.9 Å². The van der Waals surface area contributed by atoms with E-state index < -0.39 is 5.82 Å². The normalized spacial score (nSPS) is 18.8. The lowest BCUT2D eigenvalue weighted by Gasteiger charge is -2.36. The lowest BCUT2D eigenvalue weighted by molar-refractivity contribution is -0.122. The number of carbonyl (C=O) groups is 1. The number of hydrogen-bond donors (Lipinski definition) is 1. The average molecular weight is 261 g/mol. The number of nitriles is 1. The predicted octanol–water partition coefficient (Wildman–Crippen LogP) is 1.80. The summed E-state index contributed by atoms with van der Waals surface area (Å²) in [4.78, 5) is 13.8. The molecule has 5 heteroatoms. The van der Waals surface area contributed by atoms with Crippen molar-refractivity contribution in [3.05, 3.63) is 29.6 Å². The highest BCUT2D eigenvalue weighted by molar-refractivity contribution is 5.85. The van der Waals surface area contributed by atoms with Gasteiger partial charge in [-0.1, -0.05) is 0 Å². The minimum Gasteiger partial charge on any atom is -0.359 e. The molecule has 0 aliphatic carbocycles. The second kappa shape index (κ2) is 5.70. The number of nitrogens with zero attached hydrogens (tertiary/aromatic N) is 2. The molecule has 1 fully saturated rings. The monoisotopic (exact) mass is 261 g/mol. The molecule has 0 spiro atoms. The van der Waals surface area contributed by atoms with E-state index in [2.05, 4.69) is 5.32 Å². The third-order valence-corrected chi connectivity index (χ3v) is 3.46. The highest BCUT2D eigenvalue weighted by atomic mass is 19.1. The number of amides is 1. The highest BCUT2D eigenvalue weighted by Crippen LogP contribution is 2.26. The van der Waals surface area contributed by atoms with Crippen LogP contribution in [0.5, 0.6) is 0 Å². The molecule has 1 heterocycles. The molecule has 4 nitrogen and oxygen atoms in total. The Hall–Kier alpha value is -2.09. The molecule has 0 radical (unpaired) electrons. The first-order chi connectivity index (χ1) is 9.17. The van der Waals surface area contributed by atoms with Crippen LogP contribution in [-0.2, 0) is 4.79 Å². The summed E-state index contributed by atoms with van der Waals surface area (Å²) in [7, 11) is 1.61.